The third-order valence-electron chi connectivity index (χ3n) is 4.32. The van der Waals surface area contributed by atoms with Gasteiger partial charge in [0.15, 0.2) is 0 Å². The predicted octanol–water partition coefficient (Wildman–Crippen LogP) is 3.60. The standard InChI is InChI=1S/C20H22N4O/c21-14-16-5-4-6-18(13-16)22-15-20(25)23-17-7-9-19(10-8-17)24-11-2-1-3-12-24/h4-10,13,22H,1-3,11-12,15H2,(H,23,25). The Hall–Kier alpha value is -3.00. The van der Waals surface area contributed by atoms with Crippen LogP contribution >= 0.6 is 0 Å². The van der Waals surface area contributed by atoms with E-state index in [1.165, 1.54) is 24.9 Å². The highest BCUT2D eigenvalue weighted by atomic mass is 16.1. The molecule has 128 valence electrons. The minimum absolute atomic E-state index is 0.118. The highest BCUT2D eigenvalue weighted by Gasteiger charge is 2.11. The lowest BCUT2D eigenvalue weighted by Gasteiger charge is -2.28. The molecule has 25 heavy (non-hydrogen) atoms. The summed E-state index contributed by atoms with van der Waals surface area (Å²) >= 11 is 0. The van der Waals surface area contributed by atoms with Crippen LogP contribution in [0.4, 0.5) is 17.1 Å². The van der Waals surface area contributed by atoms with Crippen LogP contribution in [0.5, 0.6) is 0 Å². The summed E-state index contributed by atoms with van der Waals surface area (Å²) < 4.78 is 0. The predicted molar refractivity (Wildman–Crippen MR) is 101 cm³/mol. The molecule has 5 heteroatoms. The SMILES string of the molecule is N#Cc1cccc(NCC(=O)Nc2ccc(N3CCCCC3)cc2)c1. The molecule has 0 aromatic heterocycles. The van der Waals surface area contributed by atoms with E-state index in [1.54, 1.807) is 18.2 Å². The number of nitriles is 1. The van der Waals surface area contributed by atoms with Gasteiger partial charge in [-0.05, 0) is 61.7 Å². The lowest BCUT2D eigenvalue weighted by atomic mass is 10.1. The van der Waals surface area contributed by atoms with Crippen LogP contribution in [0, 0.1) is 11.3 Å². The van der Waals surface area contributed by atoms with Gasteiger partial charge in [0.2, 0.25) is 5.91 Å². The number of nitrogens with zero attached hydrogens (tertiary/aromatic N) is 2. The van der Waals surface area contributed by atoms with Crippen molar-refractivity contribution in [3.8, 4) is 6.07 Å². The summed E-state index contributed by atoms with van der Waals surface area (Å²) in [7, 11) is 0. The topological polar surface area (TPSA) is 68.2 Å². The van der Waals surface area contributed by atoms with Crippen molar-refractivity contribution >= 4 is 23.0 Å². The molecule has 1 aliphatic heterocycles. The van der Waals surface area contributed by atoms with Gasteiger partial charge in [-0.15, -0.1) is 0 Å². The summed E-state index contributed by atoms with van der Waals surface area (Å²) in [6.07, 6.45) is 3.81. The van der Waals surface area contributed by atoms with Crippen LogP contribution in [0.2, 0.25) is 0 Å². The molecule has 3 rings (SSSR count). The summed E-state index contributed by atoms with van der Waals surface area (Å²) in [5.41, 5.74) is 3.33. The van der Waals surface area contributed by atoms with Crippen molar-refractivity contribution in [2.75, 3.05) is 35.2 Å². The Morgan fingerprint density at radius 2 is 1.80 bits per heavy atom. The van der Waals surface area contributed by atoms with E-state index >= 15 is 0 Å². The number of hydrogen-bond donors (Lipinski definition) is 2. The van der Waals surface area contributed by atoms with Gasteiger partial charge in [0.05, 0.1) is 18.2 Å². The van der Waals surface area contributed by atoms with E-state index in [1.807, 2.05) is 18.2 Å². The number of rotatable bonds is 5. The molecule has 0 atom stereocenters. The highest BCUT2D eigenvalue weighted by molar-refractivity contribution is 5.93. The van der Waals surface area contributed by atoms with E-state index in [-0.39, 0.29) is 12.5 Å². The van der Waals surface area contributed by atoms with E-state index < -0.39 is 0 Å². The third-order valence-corrected chi connectivity index (χ3v) is 4.32. The van der Waals surface area contributed by atoms with Crippen molar-refractivity contribution in [3.63, 3.8) is 0 Å². The average molecular weight is 334 g/mol. The summed E-state index contributed by atoms with van der Waals surface area (Å²) in [5, 5.41) is 14.8. The number of carbonyl (C=O) groups is 1. The molecular weight excluding hydrogens is 312 g/mol. The Balaban J connectivity index is 1.51. The van der Waals surface area contributed by atoms with Crippen LogP contribution in [0.15, 0.2) is 48.5 Å². The zero-order chi connectivity index (χ0) is 17.5. The van der Waals surface area contributed by atoms with Gasteiger partial charge < -0.3 is 15.5 Å². The van der Waals surface area contributed by atoms with Crippen molar-refractivity contribution in [3.05, 3.63) is 54.1 Å². The number of benzene rings is 2. The monoisotopic (exact) mass is 334 g/mol. The van der Waals surface area contributed by atoms with Crippen LogP contribution in [-0.4, -0.2) is 25.5 Å². The smallest absolute Gasteiger partial charge is 0.243 e. The van der Waals surface area contributed by atoms with E-state index in [9.17, 15) is 4.79 Å². The summed E-state index contributed by atoms with van der Waals surface area (Å²) in [6, 6.07) is 17.2. The van der Waals surface area contributed by atoms with Gasteiger partial charge in [-0.25, -0.2) is 0 Å². The average Bonchev–Trinajstić information content (AvgIpc) is 2.68. The summed E-state index contributed by atoms with van der Waals surface area (Å²) in [5.74, 6) is -0.118. The fourth-order valence-corrected chi connectivity index (χ4v) is 2.99. The van der Waals surface area contributed by atoms with E-state index in [2.05, 4.69) is 33.7 Å². The Bertz CT molecular complexity index is 758. The van der Waals surface area contributed by atoms with Crippen molar-refractivity contribution in [2.45, 2.75) is 19.3 Å². The van der Waals surface area contributed by atoms with E-state index in [0.717, 1.165) is 24.5 Å². The largest absolute Gasteiger partial charge is 0.376 e. The summed E-state index contributed by atoms with van der Waals surface area (Å²) in [6.45, 7) is 2.37. The first-order valence-corrected chi connectivity index (χ1v) is 8.63. The maximum atomic E-state index is 12.1. The van der Waals surface area contributed by atoms with Crippen molar-refractivity contribution in [1.82, 2.24) is 0 Å². The molecule has 1 saturated heterocycles. The zero-order valence-corrected chi connectivity index (χ0v) is 14.2. The molecule has 2 aromatic carbocycles. The lowest BCUT2D eigenvalue weighted by molar-refractivity contribution is -0.114. The normalized spacial score (nSPS) is 13.8. The van der Waals surface area contributed by atoms with E-state index in [0.29, 0.717) is 5.56 Å². The van der Waals surface area contributed by atoms with Gasteiger partial charge in [0, 0.05) is 30.2 Å². The highest BCUT2D eigenvalue weighted by Crippen LogP contribution is 2.21. The second kappa shape index (κ2) is 8.20. The molecule has 0 spiro atoms. The quantitative estimate of drug-likeness (QED) is 0.877. The fraction of sp³-hybridized carbons (Fsp3) is 0.300. The number of piperidine rings is 1. The van der Waals surface area contributed by atoms with Gasteiger partial charge in [-0.2, -0.15) is 5.26 Å². The van der Waals surface area contributed by atoms with Crippen LogP contribution < -0.4 is 15.5 Å². The summed E-state index contributed by atoms with van der Waals surface area (Å²) in [4.78, 5) is 14.5. The first kappa shape index (κ1) is 16.8. The van der Waals surface area contributed by atoms with Gasteiger partial charge >= 0.3 is 0 Å². The number of hydrogen-bond acceptors (Lipinski definition) is 4. The van der Waals surface area contributed by atoms with Gasteiger partial charge in [-0.1, -0.05) is 6.07 Å². The Kier molecular flexibility index (Phi) is 5.53. The van der Waals surface area contributed by atoms with Gasteiger partial charge in [0.1, 0.15) is 0 Å². The van der Waals surface area contributed by atoms with Crippen LogP contribution in [0.25, 0.3) is 0 Å². The van der Waals surface area contributed by atoms with Gasteiger partial charge in [0.25, 0.3) is 0 Å². The molecular formula is C20H22N4O. The zero-order valence-electron chi connectivity index (χ0n) is 14.2. The minimum atomic E-state index is -0.118. The third kappa shape index (κ3) is 4.74. The van der Waals surface area contributed by atoms with Crippen molar-refractivity contribution in [1.29, 1.82) is 5.26 Å². The second-order valence-corrected chi connectivity index (χ2v) is 6.19. The molecule has 1 heterocycles. The first-order chi connectivity index (χ1) is 12.2. The number of amides is 1. The first-order valence-electron chi connectivity index (χ1n) is 8.63. The molecule has 2 aromatic rings. The van der Waals surface area contributed by atoms with Gasteiger partial charge in [-0.3, -0.25) is 4.79 Å². The number of nitrogens with one attached hydrogen (secondary N) is 2. The molecule has 1 amide bonds. The fourth-order valence-electron chi connectivity index (χ4n) is 2.99. The number of carbonyl (C=O) groups excluding carboxylic acids is 1. The molecule has 0 saturated carbocycles. The Morgan fingerprint density at radius 1 is 1.04 bits per heavy atom. The second-order valence-electron chi connectivity index (χ2n) is 6.19. The Labute approximate surface area is 148 Å². The van der Waals surface area contributed by atoms with Crippen molar-refractivity contribution < 1.29 is 4.79 Å². The molecule has 0 unspecified atom stereocenters. The molecule has 2 N–H and O–H groups in total. The number of anilines is 3. The van der Waals surface area contributed by atoms with Crippen LogP contribution in [0.3, 0.4) is 0 Å². The molecule has 1 fully saturated rings. The van der Waals surface area contributed by atoms with E-state index in [4.69, 9.17) is 5.26 Å². The Morgan fingerprint density at radius 3 is 2.52 bits per heavy atom. The van der Waals surface area contributed by atoms with Crippen LogP contribution in [0.1, 0.15) is 24.8 Å². The molecule has 1 aliphatic rings. The molecule has 5 nitrogen and oxygen atoms in total. The van der Waals surface area contributed by atoms with Crippen LogP contribution in [-0.2, 0) is 4.79 Å². The molecule has 0 aliphatic carbocycles. The van der Waals surface area contributed by atoms with Crippen molar-refractivity contribution in [2.24, 2.45) is 0 Å². The lowest BCUT2D eigenvalue weighted by Crippen LogP contribution is -2.29. The minimum Gasteiger partial charge on any atom is -0.376 e. The maximum Gasteiger partial charge on any atom is 0.243 e. The molecule has 0 bridgehead atoms. The maximum absolute atomic E-state index is 12.1. The molecule has 0 radical (unpaired) electrons.